The van der Waals surface area contributed by atoms with E-state index in [1.807, 2.05) is 0 Å². The lowest BCUT2D eigenvalue weighted by molar-refractivity contribution is -0.0351. The largest absolute Gasteiger partial charge is 0.393 e. The van der Waals surface area contributed by atoms with Crippen molar-refractivity contribution in [1.82, 2.24) is 4.90 Å². The van der Waals surface area contributed by atoms with Crippen molar-refractivity contribution < 1.29 is 5.11 Å². The van der Waals surface area contributed by atoms with E-state index >= 15 is 0 Å². The molecule has 0 spiro atoms. The van der Waals surface area contributed by atoms with Gasteiger partial charge in [-0.05, 0) is 56.9 Å². The summed E-state index contributed by atoms with van der Waals surface area (Å²) in [6, 6.07) is 1.38. The molecule has 106 valence electrons. The van der Waals surface area contributed by atoms with Gasteiger partial charge in [0.2, 0.25) is 0 Å². The average molecular weight is 253 g/mol. The molecule has 18 heavy (non-hydrogen) atoms. The smallest absolute Gasteiger partial charge is 0.0555 e. The van der Waals surface area contributed by atoms with Crippen LogP contribution in [0.5, 0.6) is 0 Å². The Morgan fingerprint density at radius 1 is 1.22 bits per heavy atom. The number of aliphatic hydroxyl groups is 1. The third-order valence-electron chi connectivity index (χ3n) is 5.26. The molecule has 0 aromatic rings. The van der Waals surface area contributed by atoms with Gasteiger partial charge in [-0.1, -0.05) is 27.2 Å². The fourth-order valence-electron chi connectivity index (χ4n) is 4.17. The van der Waals surface area contributed by atoms with Crippen LogP contribution in [0.2, 0.25) is 0 Å². The van der Waals surface area contributed by atoms with Gasteiger partial charge < -0.3 is 10.0 Å². The molecule has 0 aromatic carbocycles. The van der Waals surface area contributed by atoms with Crippen LogP contribution in [0.3, 0.4) is 0 Å². The summed E-state index contributed by atoms with van der Waals surface area (Å²) in [4.78, 5) is 2.61. The van der Waals surface area contributed by atoms with E-state index in [1.54, 1.807) is 0 Å². The first-order valence-corrected chi connectivity index (χ1v) is 7.83. The molecule has 2 rings (SSSR count). The van der Waals surface area contributed by atoms with Gasteiger partial charge in [-0.25, -0.2) is 0 Å². The molecular formula is C16H31NO. The Labute approximate surface area is 113 Å². The molecule has 2 aliphatic rings. The minimum absolute atomic E-state index is 0.0568. The van der Waals surface area contributed by atoms with Gasteiger partial charge in [-0.2, -0.15) is 0 Å². The minimum Gasteiger partial charge on any atom is -0.393 e. The summed E-state index contributed by atoms with van der Waals surface area (Å²) in [5.74, 6) is 0.812. The standard InChI is InChI=1S/C16H31NO/c1-5-6-12-7-8-14(18)9-15(12)17(4)13-10-16(2,3)11-13/h12-15,18H,5-11H2,1-4H3. The van der Waals surface area contributed by atoms with Crippen molar-refractivity contribution >= 4 is 0 Å². The number of aliphatic hydroxyl groups excluding tert-OH is 1. The Bertz CT molecular complexity index is 268. The van der Waals surface area contributed by atoms with E-state index in [0.29, 0.717) is 11.5 Å². The van der Waals surface area contributed by atoms with Crippen molar-refractivity contribution in [3.63, 3.8) is 0 Å². The van der Waals surface area contributed by atoms with Gasteiger partial charge in [0.15, 0.2) is 0 Å². The summed E-state index contributed by atoms with van der Waals surface area (Å²) >= 11 is 0. The zero-order chi connectivity index (χ0) is 13.3. The molecule has 2 heteroatoms. The van der Waals surface area contributed by atoms with E-state index < -0.39 is 0 Å². The van der Waals surface area contributed by atoms with Crippen LogP contribution in [0.15, 0.2) is 0 Å². The Morgan fingerprint density at radius 3 is 2.44 bits per heavy atom. The second kappa shape index (κ2) is 5.50. The van der Waals surface area contributed by atoms with Crippen molar-refractivity contribution in [3.05, 3.63) is 0 Å². The van der Waals surface area contributed by atoms with Gasteiger partial charge in [0.1, 0.15) is 0 Å². The molecule has 0 amide bonds. The lowest BCUT2D eigenvalue weighted by atomic mass is 9.67. The van der Waals surface area contributed by atoms with Crippen LogP contribution in [0.1, 0.15) is 65.7 Å². The SMILES string of the molecule is CCCC1CCC(O)CC1N(C)C1CC(C)(C)C1. The van der Waals surface area contributed by atoms with Crippen molar-refractivity contribution in [2.75, 3.05) is 7.05 Å². The van der Waals surface area contributed by atoms with Gasteiger partial charge in [-0.15, -0.1) is 0 Å². The zero-order valence-electron chi connectivity index (χ0n) is 12.7. The third kappa shape index (κ3) is 3.08. The predicted molar refractivity (Wildman–Crippen MR) is 76.6 cm³/mol. The Balaban J connectivity index is 1.94. The summed E-state index contributed by atoms with van der Waals surface area (Å²) in [6.07, 6.45) is 8.45. The highest BCUT2D eigenvalue weighted by molar-refractivity contribution is 4.96. The molecule has 0 aromatic heterocycles. The second-order valence-corrected chi connectivity index (χ2v) is 7.47. The van der Waals surface area contributed by atoms with E-state index in [9.17, 15) is 5.11 Å². The van der Waals surface area contributed by atoms with Gasteiger partial charge >= 0.3 is 0 Å². The van der Waals surface area contributed by atoms with E-state index in [-0.39, 0.29) is 6.10 Å². The van der Waals surface area contributed by atoms with E-state index in [2.05, 4.69) is 32.7 Å². The number of nitrogens with zero attached hydrogens (tertiary/aromatic N) is 1. The monoisotopic (exact) mass is 253 g/mol. The molecule has 1 N–H and O–H groups in total. The van der Waals surface area contributed by atoms with Crippen LogP contribution in [0.4, 0.5) is 0 Å². The van der Waals surface area contributed by atoms with Gasteiger partial charge in [0.25, 0.3) is 0 Å². The molecule has 3 atom stereocenters. The average Bonchev–Trinajstić information content (AvgIpc) is 2.27. The first-order valence-electron chi connectivity index (χ1n) is 7.83. The normalized spacial score (nSPS) is 36.7. The fraction of sp³-hybridized carbons (Fsp3) is 1.00. The Morgan fingerprint density at radius 2 is 1.89 bits per heavy atom. The third-order valence-corrected chi connectivity index (χ3v) is 5.26. The maximum atomic E-state index is 9.96. The zero-order valence-corrected chi connectivity index (χ0v) is 12.7. The summed E-state index contributed by atoms with van der Waals surface area (Å²) in [7, 11) is 2.30. The topological polar surface area (TPSA) is 23.5 Å². The molecule has 0 heterocycles. The Kier molecular flexibility index (Phi) is 4.38. The second-order valence-electron chi connectivity index (χ2n) is 7.47. The van der Waals surface area contributed by atoms with Gasteiger partial charge in [0, 0.05) is 12.1 Å². The van der Waals surface area contributed by atoms with Crippen molar-refractivity contribution in [3.8, 4) is 0 Å². The fourth-order valence-corrected chi connectivity index (χ4v) is 4.17. The van der Waals surface area contributed by atoms with E-state index in [0.717, 1.165) is 24.8 Å². The summed E-state index contributed by atoms with van der Waals surface area (Å²) in [6.45, 7) is 7.03. The maximum Gasteiger partial charge on any atom is 0.0555 e. The van der Waals surface area contributed by atoms with Crippen LogP contribution < -0.4 is 0 Å². The molecule has 0 bridgehead atoms. The highest BCUT2D eigenvalue weighted by Crippen LogP contribution is 2.44. The summed E-state index contributed by atoms with van der Waals surface area (Å²) in [5.41, 5.74) is 0.548. The first kappa shape index (κ1) is 14.3. The molecule has 2 aliphatic carbocycles. The molecule has 2 nitrogen and oxygen atoms in total. The molecule has 2 saturated carbocycles. The molecule has 0 aliphatic heterocycles. The van der Waals surface area contributed by atoms with Crippen LogP contribution >= 0.6 is 0 Å². The van der Waals surface area contributed by atoms with Crippen molar-refractivity contribution in [2.45, 2.75) is 83.9 Å². The number of hydrogen-bond donors (Lipinski definition) is 1. The molecular weight excluding hydrogens is 222 g/mol. The number of rotatable bonds is 4. The number of hydrogen-bond acceptors (Lipinski definition) is 2. The summed E-state index contributed by atoms with van der Waals surface area (Å²) < 4.78 is 0. The van der Waals surface area contributed by atoms with Crippen molar-refractivity contribution in [1.29, 1.82) is 0 Å². The highest BCUT2D eigenvalue weighted by atomic mass is 16.3. The highest BCUT2D eigenvalue weighted by Gasteiger charge is 2.42. The van der Waals surface area contributed by atoms with Crippen LogP contribution in [-0.2, 0) is 0 Å². The quantitative estimate of drug-likeness (QED) is 0.829. The minimum atomic E-state index is -0.0568. The van der Waals surface area contributed by atoms with E-state index in [1.165, 1.54) is 32.1 Å². The molecule has 2 fully saturated rings. The lowest BCUT2D eigenvalue weighted by Crippen LogP contribution is -2.54. The first-order chi connectivity index (χ1) is 8.43. The maximum absolute atomic E-state index is 9.96. The van der Waals surface area contributed by atoms with Crippen molar-refractivity contribution in [2.24, 2.45) is 11.3 Å². The van der Waals surface area contributed by atoms with Gasteiger partial charge in [0.05, 0.1) is 6.10 Å². The lowest BCUT2D eigenvalue weighted by Gasteiger charge is -2.52. The summed E-state index contributed by atoms with van der Waals surface area (Å²) in [5, 5.41) is 9.96. The molecule has 0 radical (unpaired) electrons. The Hall–Kier alpha value is -0.0800. The van der Waals surface area contributed by atoms with Crippen LogP contribution in [0.25, 0.3) is 0 Å². The molecule has 0 saturated heterocycles. The van der Waals surface area contributed by atoms with Gasteiger partial charge in [-0.3, -0.25) is 0 Å². The van der Waals surface area contributed by atoms with Crippen LogP contribution in [-0.4, -0.2) is 35.2 Å². The van der Waals surface area contributed by atoms with E-state index in [4.69, 9.17) is 0 Å². The predicted octanol–water partition coefficient (Wildman–Crippen LogP) is 3.44. The molecule has 3 unspecified atom stereocenters. The van der Waals surface area contributed by atoms with Crippen LogP contribution in [0, 0.1) is 11.3 Å².